The first kappa shape index (κ1) is 14.9. The molecule has 2 rings (SSSR count). The molecule has 1 amide bonds. The van der Waals surface area contributed by atoms with Crippen LogP contribution in [-0.2, 0) is 27.9 Å². The number of likely N-dealkylation sites (N-methyl/N-ethyl adjacent to an activating group) is 1. The normalized spacial score (nSPS) is 14.6. The summed E-state index contributed by atoms with van der Waals surface area (Å²) in [7, 11) is -1.01. The Kier molecular flexibility index (Phi) is 4.41. The predicted molar refractivity (Wildman–Crippen MR) is 71.4 cm³/mol. The Morgan fingerprint density at radius 1 is 1.60 bits per heavy atom. The van der Waals surface area contributed by atoms with Crippen LogP contribution >= 0.6 is 0 Å². The number of aryl methyl sites for hydroxylation is 2. The molecule has 9 heteroatoms. The van der Waals surface area contributed by atoms with Gasteiger partial charge in [-0.05, 0) is 18.9 Å². The van der Waals surface area contributed by atoms with Crippen molar-refractivity contribution in [2.45, 2.75) is 19.4 Å². The molecule has 2 heterocycles. The summed E-state index contributed by atoms with van der Waals surface area (Å²) in [6.07, 6.45) is 1.86. The maximum absolute atomic E-state index is 11.9. The lowest BCUT2D eigenvalue weighted by Crippen LogP contribution is -2.42. The molecule has 20 heavy (non-hydrogen) atoms. The second-order valence-corrected chi connectivity index (χ2v) is 6.38. The van der Waals surface area contributed by atoms with E-state index in [1.165, 1.54) is 14.2 Å². The second-order valence-electron chi connectivity index (χ2n) is 4.60. The van der Waals surface area contributed by atoms with Gasteiger partial charge in [0, 0.05) is 32.9 Å². The first-order valence-electron chi connectivity index (χ1n) is 6.28. The van der Waals surface area contributed by atoms with Crippen molar-refractivity contribution in [2.75, 3.05) is 27.3 Å². The Morgan fingerprint density at radius 3 is 3.00 bits per heavy atom. The van der Waals surface area contributed by atoms with Crippen molar-refractivity contribution < 1.29 is 17.9 Å². The van der Waals surface area contributed by atoms with Gasteiger partial charge in [-0.2, -0.15) is 17.8 Å². The van der Waals surface area contributed by atoms with Gasteiger partial charge in [0.15, 0.2) is 5.69 Å². The largest absolute Gasteiger partial charge is 0.383 e. The number of carbonyl (C=O) groups excluding carboxylic acids is 1. The van der Waals surface area contributed by atoms with Gasteiger partial charge >= 0.3 is 10.2 Å². The standard InChI is InChI=1S/C11H18N4O4S/c1-14(6-7-19-2)20(17,18)13-11(16)10-8-9-4-3-5-15(9)12-10/h8H,3-7H2,1-2H3,(H,13,16). The van der Waals surface area contributed by atoms with E-state index in [-0.39, 0.29) is 18.8 Å². The van der Waals surface area contributed by atoms with E-state index < -0.39 is 16.1 Å². The Labute approximate surface area is 117 Å². The van der Waals surface area contributed by atoms with Gasteiger partial charge in [-0.1, -0.05) is 0 Å². The van der Waals surface area contributed by atoms with Gasteiger partial charge in [-0.3, -0.25) is 9.48 Å². The lowest BCUT2D eigenvalue weighted by molar-refractivity contribution is 0.0973. The molecular weight excluding hydrogens is 284 g/mol. The monoisotopic (exact) mass is 302 g/mol. The molecule has 112 valence electrons. The maximum Gasteiger partial charge on any atom is 0.303 e. The molecule has 0 radical (unpaired) electrons. The fourth-order valence-electron chi connectivity index (χ4n) is 1.96. The zero-order valence-corrected chi connectivity index (χ0v) is 12.3. The van der Waals surface area contributed by atoms with Crippen LogP contribution in [0.25, 0.3) is 0 Å². The van der Waals surface area contributed by atoms with Gasteiger partial charge in [0.25, 0.3) is 5.91 Å². The summed E-state index contributed by atoms with van der Waals surface area (Å²) in [5, 5.41) is 4.09. The van der Waals surface area contributed by atoms with E-state index in [9.17, 15) is 13.2 Å². The van der Waals surface area contributed by atoms with E-state index in [4.69, 9.17) is 4.74 Å². The van der Waals surface area contributed by atoms with Crippen molar-refractivity contribution >= 4 is 16.1 Å². The van der Waals surface area contributed by atoms with E-state index in [0.717, 1.165) is 29.4 Å². The van der Waals surface area contributed by atoms with Gasteiger partial charge in [-0.25, -0.2) is 4.72 Å². The van der Waals surface area contributed by atoms with E-state index >= 15 is 0 Å². The minimum Gasteiger partial charge on any atom is -0.383 e. The molecule has 0 fully saturated rings. The van der Waals surface area contributed by atoms with Crippen LogP contribution in [0.3, 0.4) is 0 Å². The van der Waals surface area contributed by atoms with Gasteiger partial charge in [-0.15, -0.1) is 0 Å². The third-order valence-corrected chi connectivity index (χ3v) is 4.59. The second kappa shape index (κ2) is 5.90. The zero-order chi connectivity index (χ0) is 14.8. The highest BCUT2D eigenvalue weighted by Crippen LogP contribution is 2.15. The topological polar surface area (TPSA) is 93.5 Å². The molecule has 0 saturated carbocycles. The summed E-state index contributed by atoms with van der Waals surface area (Å²) in [5.41, 5.74) is 1.09. The van der Waals surface area contributed by atoms with Gasteiger partial charge in [0.2, 0.25) is 0 Å². The number of nitrogens with one attached hydrogen (secondary N) is 1. The number of nitrogens with zero attached hydrogens (tertiary/aromatic N) is 3. The number of rotatable bonds is 6. The quantitative estimate of drug-likeness (QED) is 0.756. The highest BCUT2D eigenvalue weighted by molar-refractivity contribution is 7.87. The molecule has 1 aliphatic rings. The first-order valence-corrected chi connectivity index (χ1v) is 7.72. The van der Waals surface area contributed by atoms with Crippen molar-refractivity contribution in [1.29, 1.82) is 0 Å². The molecule has 1 aromatic rings. The minimum absolute atomic E-state index is 0.128. The molecule has 0 atom stereocenters. The summed E-state index contributed by atoms with van der Waals surface area (Å²) in [6, 6.07) is 1.63. The third kappa shape index (κ3) is 3.17. The summed E-state index contributed by atoms with van der Waals surface area (Å²) in [6.45, 7) is 1.19. The van der Waals surface area contributed by atoms with Crippen molar-refractivity contribution in [1.82, 2.24) is 18.8 Å². The predicted octanol–water partition coefficient (Wildman–Crippen LogP) is -0.618. The van der Waals surface area contributed by atoms with Crippen molar-refractivity contribution in [3.8, 4) is 0 Å². The van der Waals surface area contributed by atoms with Gasteiger partial charge in [0.05, 0.1) is 6.61 Å². The van der Waals surface area contributed by atoms with E-state index in [1.807, 2.05) is 4.72 Å². The highest BCUT2D eigenvalue weighted by atomic mass is 32.2. The Balaban J connectivity index is 2.02. The lowest BCUT2D eigenvalue weighted by Gasteiger charge is -2.16. The lowest BCUT2D eigenvalue weighted by atomic mass is 10.3. The summed E-state index contributed by atoms with van der Waals surface area (Å²) in [4.78, 5) is 11.9. The van der Waals surface area contributed by atoms with E-state index in [2.05, 4.69) is 5.10 Å². The molecule has 1 N–H and O–H groups in total. The van der Waals surface area contributed by atoms with Crippen LogP contribution in [0.1, 0.15) is 22.6 Å². The number of carbonyl (C=O) groups is 1. The fraction of sp³-hybridized carbons (Fsp3) is 0.636. The van der Waals surface area contributed by atoms with Crippen LogP contribution in [0.2, 0.25) is 0 Å². The Hall–Kier alpha value is -1.45. The number of methoxy groups -OCH3 is 1. The molecule has 0 aliphatic carbocycles. The SMILES string of the molecule is COCCN(C)S(=O)(=O)NC(=O)c1cc2n(n1)CCC2. The van der Waals surface area contributed by atoms with Crippen LogP contribution in [-0.4, -0.2) is 55.7 Å². The average molecular weight is 302 g/mol. The number of hydrogen-bond donors (Lipinski definition) is 1. The molecule has 0 bridgehead atoms. The van der Waals surface area contributed by atoms with Crippen molar-refractivity contribution in [2.24, 2.45) is 0 Å². The van der Waals surface area contributed by atoms with Crippen LogP contribution in [0.5, 0.6) is 0 Å². The number of ether oxygens (including phenoxy) is 1. The van der Waals surface area contributed by atoms with Gasteiger partial charge in [0.1, 0.15) is 0 Å². The third-order valence-electron chi connectivity index (χ3n) is 3.14. The number of hydrogen-bond acceptors (Lipinski definition) is 5. The Bertz CT molecular complexity index is 574. The van der Waals surface area contributed by atoms with E-state index in [0.29, 0.717) is 0 Å². The molecular formula is C11H18N4O4S. The van der Waals surface area contributed by atoms with Crippen LogP contribution < -0.4 is 4.72 Å². The highest BCUT2D eigenvalue weighted by Gasteiger charge is 2.24. The van der Waals surface area contributed by atoms with Crippen LogP contribution in [0.15, 0.2) is 6.07 Å². The van der Waals surface area contributed by atoms with E-state index in [1.54, 1.807) is 10.7 Å². The average Bonchev–Trinajstić information content (AvgIpc) is 2.95. The Morgan fingerprint density at radius 2 is 2.35 bits per heavy atom. The molecule has 0 aromatic carbocycles. The van der Waals surface area contributed by atoms with Crippen LogP contribution in [0, 0.1) is 0 Å². The van der Waals surface area contributed by atoms with Crippen molar-refractivity contribution in [3.05, 3.63) is 17.5 Å². The zero-order valence-electron chi connectivity index (χ0n) is 11.5. The molecule has 1 aliphatic heterocycles. The molecule has 0 saturated heterocycles. The summed E-state index contributed by atoms with van der Waals surface area (Å²) < 4.78 is 33.4. The van der Waals surface area contributed by atoms with Gasteiger partial charge < -0.3 is 4.74 Å². The molecule has 1 aromatic heterocycles. The smallest absolute Gasteiger partial charge is 0.303 e. The molecule has 8 nitrogen and oxygen atoms in total. The molecule has 0 spiro atoms. The number of aromatic nitrogens is 2. The first-order chi connectivity index (χ1) is 9.44. The number of amides is 1. The maximum atomic E-state index is 11.9. The summed E-state index contributed by atoms with van der Waals surface area (Å²) >= 11 is 0. The molecule has 0 unspecified atom stereocenters. The minimum atomic E-state index is -3.87. The van der Waals surface area contributed by atoms with Crippen LogP contribution in [0.4, 0.5) is 0 Å². The summed E-state index contributed by atoms with van der Waals surface area (Å²) in [5.74, 6) is -0.712. The fourth-order valence-corrected chi connectivity index (χ4v) is 2.77. The number of fused-ring (bicyclic) bond motifs is 1. The van der Waals surface area contributed by atoms with Crippen molar-refractivity contribution in [3.63, 3.8) is 0 Å².